The van der Waals surface area contributed by atoms with Crippen LogP contribution in [0.5, 0.6) is 0 Å². The summed E-state index contributed by atoms with van der Waals surface area (Å²) in [5, 5.41) is 59.2. The molecule has 1 amide bonds. The van der Waals surface area contributed by atoms with E-state index in [1.54, 1.807) is 0 Å². The molecule has 2 saturated heterocycles. The third kappa shape index (κ3) is 9.31. The normalized spacial score (nSPS) is 33.9. The van der Waals surface area contributed by atoms with Gasteiger partial charge in [0.25, 0.3) is 5.56 Å². The molecular weight excluding hydrogens is 596 g/mol. The van der Waals surface area contributed by atoms with Crippen LogP contribution in [0.4, 0.5) is 0 Å². The molecule has 0 radical (unpaired) electrons. The second kappa shape index (κ2) is 13.8. The maximum Gasteiger partial charge on any atom is 0.481 e. The number of nitrogens with one attached hydrogen (secondary N) is 2. The number of rotatable bonds is 8. The molecule has 2 fully saturated rings. The third-order valence-corrected chi connectivity index (χ3v) is 7.50. The van der Waals surface area contributed by atoms with Crippen molar-refractivity contribution < 1.29 is 77.6 Å². The molecule has 0 bridgehead atoms. The topological polar surface area (TPSA) is 337 Å². The number of phosphoric ester groups is 1. The summed E-state index contributed by atoms with van der Waals surface area (Å²) in [5.41, 5.74) is -1.65. The van der Waals surface area contributed by atoms with Crippen LogP contribution in [0.25, 0.3) is 0 Å². The van der Waals surface area contributed by atoms with E-state index in [1.165, 1.54) is 6.92 Å². The average Bonchev–Trinajstić information content (AvgIpc) is 3.10. The van der Waals surface area contributed by atoms with Crippen molar-refractivity contribution in [3.05, 3.63) is 33.1 Å². The number of phosphoric acid groups is 2. The highest BCUT2D eigenvalue weighted by molar-refractivity contribution is 7.60. The number of hydrogen-bond acceptors (Lipinski definition) is 15. The summed E-state index contributed by atoms with van der Waals surface area (Å²) >= 11 is 0. The van der Waals surface area contributed by atoms with Crippen LogP contribution in [0.1, 0.15) is 13.2 Å². The number of ether oxygens (including phenoxy) is 2. The van der Waals surface area contributed by atoms with Crippen LogP contribution in [0, 0.1) is 0 Å². The first-order valence-electron chi connectivity index (χ1n) is 11.0. The first-order valence-corrected chi connectivity index (χ1v) is 14.0. The Morgan fingerprint density at radius 3 is 2.15 bits per heavy atom. The Kier molecular flexibility index (Phi) is 11.9. The van der Waals surface area contributed by atoms with E-state index in [4.69, 9.17) is 29.3 Å². The number of aromatic amines is 1. The van der Waals surface area contributed by atoms with Gasteiger partial charge in [-0.15, -0.1) is 0 Å². The zero-order chi connectivity index (χ0) is 30.6. The van der Waals surface area contributed by atoms with E-state index in [-0.39, 0.29) is 0 Å². The second-order valence-corrected chi connectivity index (χ2v) is 11.2. The summed E-state index contributed by atoms with van der Waals surface area (Å²) in [4.78, 5) is 61.4. The van der Waals surface area contributed by atoms with Gasteiger partial charge in [0.1, 0.15) is 42.7 Å². The number of aliphatic hydroxyl groups is 6. The minimum Gasteiger partial charge on any atom is -0.394 e. The summed E-state index contributed by atoms with van der Waals surface area (Å²) in [5.74, 6) is -0.462. The van der Waals surface area contributed by atoms with Gasteiger partial charge < -0.3 is 60.1 Å². The van der Waals surface area contributed by atoms with Gasteiger partial charge in [-0.2, -0.15) is 4.31 Å². The minimum atomic E-state index is -5.32. The van der Waals surface area contributed by atoms with E-state index < -0.39 is 101 Å². The summed E-state index contributed by atoms with van der Waals surface area (Å²) < 4.78 is 40.5. The van der Waals surface area contributed by atoms with Crippen LogP contribution in [0.15, 0.2) is 21.9 Å². The number of carbonyl (C=O) groups excluding carboxylic acids is 1. The Labute approximate surface area is 223 Å². The molecule has 2 unspecified atom stereocenters. The molecule has 21 nitrogen and oxygen atoms in total. The Morgan fingerprint density at radius 1 is 1.02 bits per heavy atom. The van der Waals surface area contributed by atoms with E-state index >= 15 is 0 Å². The number of hydrogen-bond donors (Lipinski definition) is 11. The molecule has 40 heavy (non-hydrogen) atoms. The molecule has 10 atom stereocenters. The van der Waals surface area contributed by atoms with Gasteiger partial charge in [-0.05, 0) is 0 Å². The number of aliphatic hydroxyl groups excluding tert-OH is 6. The molecule has 1 aromatic rings. The first kappa shape index (κ1) is 34.3. The molecule has 3 heterocycles. The number of carbonyl (C=O) groups is 1. The standard InChI is InChI=1S/C9H14N2O12P2.C8H15NO6/c12-5-1-2-11(9(15)10-5)8-7(14)6(13)4(22-8)3-21-25(19,20)23-24(16,17)18;1-3(11)9-5-7(13)6(12)4(2-10)15-8(5)14/h1-2,4,6-8,13-14H,3H2,(H,19,20)(H,10,12,15)(H2,16,17,18);4-8,10,12-14H,2H2,1H3,(H,9,11)/t4-,6-,7-,8-;4-,5-,6+,7-,8?/m11/s1. The van der Waals surface area contributed by atoms with Crippen LogP contribution in [-0.4, -0.2) is 123 Å². The number of nitrogens with zero attached hydrogens (tertiary/aromatic N) is 1. The Hall–Kier alpha value is -1.91. The second-order valence-electron chi connectivity index (χ2n) is 8.36. The van der Waals surface area contributed by atoms with Crippen LogP contribution in [-0.2, 0) is 32.2 Å². The van der Waals surface area contributed by atoms with Gasteiger partial charge in [0.2, 0.25) is 5.91 Å². The smallest absolute Gasteiger partial charge is 0.394 e. The van der Waals surface area contributed by atoms with E-state index in [0.29, 0.717) is 0 Å². The Balaban J connectivity index is 0.000000319. The number of amides is 1. The molecule has 2 aliphatic rings. The lowest BCUT2D eigenvalue weighted by atomic mass is 9.97. The monoisotopic (exact) mass is 625 g/mol. The van der Waals surface area contributed by atoms with Crippen molar-refractivity contribution in [2.24, 2.45) is 0 Å². The molecule has 23 heteroatoms. The van der Waals surface area contributed by atoms with Gasteiger partial charge in [0.15, 0.2) is 12.5 Å². The molecule has 0 spiro atoms. The lowest BCUT2D eigenvalue weighted by molar-refractivity contribution is -0.253. The van der Waals surface area contributed by atoms with E-state index in [2.05, 4.69) is 14.2 Å². The van der Waals surface area contributed by atoms with Crippen molar-refractivity contribution in [2.45, 2.75) is 62.1 Å². The molecular formula is C17H29N3O18P2. The average molecular weight is 625 g/mol. The molecule has 1 aromatic heterocycles. The van der Waals surface area contributed by atoms with Crippen molar-refractivity contribution in [1.29, 1.82) is 0 Å². The zero-order valence-electron chi connectivity index (χ0n) is 20.3. The molecule has 230 valence electrons. The molecule has 3 rings (SSSR count). The molecule has 2 aliphatic heterocycles. The minimum absolute atomic E-state index is 0.462. The largest absolute Gasteiger partial charge is 0.481 e. The summed E-state index contributed by atoms with van der Waals surface area (Å²) in [6, 6.07) is -0.135. The summed E-state index contributed by atoms with van der Waals surface area (Å²) in [7, 11) is -10.5. The fourth-order valence-corrected chi connectivity index (χ4v) is 5.14. The summed E-state index contributed by atoms with van der Waals surface area (Å²) in [6.45, 7) is -0.216. The van der Waals surface area contributed by atoms with Crippen molar-refractivity contribution in [3.8, 4) is 0 Å². The maximum atomic E-state index is 11.7. The summed E-state index contributed by atoms with van der Waals surface area (Å²) in [6.07, 6.45) is -10.5. The van der Waals surface area contributed by atoms with Gasteiger partial charge in [-0.25, -0.2) is 13.9 Å². The Bertz CT molecular complexity index is 1220. The third-order valence-electron chi connectivity index (χ3n) is 5.34. The van der Waals surface area contributed by atoms with Gasteiger partial charge in [-0.3, -0.25) is 23.7 Å². The van der Waals surface area contributed by atoms with Crippen molar-refractivity contribution in [1.82, 2.24) is 14.9 Å². The lowest BCUT2D eigenvalue weighted by Crippen LogP contribution is -2.63. The highest BCUT2D eigenvalue weighted by atomic mass is 31.3. The predicted molar refractivity (Wildman–Crippen MR) is 124 cm³/mol. The van der Waals surface area contributed by atoms with Crippen molar-refractivity contribution >= 4 is 21.6 Å². The fourth-order valence-electron chi connectivity index (χ4n) is 3.54. The maximum absolute atomic E-state index is 11.7. The lowest BCUT2D eigenvalue weighted by Gasteiger charge is -2.40. The molecule has 11 N–H and O–H groups in total. The Morgan fingerprint density at radius 2 is 1.62 bits per heavy atom. The fraction of sp³-hybridized carbons (Fsp3) is 0.706. The highest BCUT2D eigenvalue weighted by Gasteiger charge is 2.46. The number of H-pyrrole nitrogens is 1. The first-order chi connectivity index (χ1) is 18.4. The van der Waals surface area contributed by atoms with Crippen LogP contribution >= 0.6 is 15.6 Å². The van der Waals surface area contributed by atoms with Crippen LogP contribution < -0.4 is 16.6 Å². The molecule has 0 aliphatic carbocycles. The van der Waals surface area contributed by atoms with Crippen LogP contribution in [0.3, 0.4) is 0 Å². The van der Waals surface area contributed by atoms with Crippen LogP contribution in [0.2, 0.25) is 0 Å². The quantitative estimate of drug-likeness (QED) is 0.120. The van der Waals surface area contributed by atoms with Gasteiger partial charge in [0.05, 0.1) is 13.2 Å². The van der Waals surface area contributed by atoms with Gasteiger partial charge in [0, 0.05) is 19.2 Å². The SMILES string of the molecule is CC(=O)N[C@H]1C(O)O[C@H](CO)[C@H](O)[C@@H]1O.O=c1ccn([C@@H]2O[C@H](COP(=O)(O)OP(=O)(O)O)[C@@H](O)[C@H]2O)c(=O)[nH]1. The highest BCUT2D eigenvalue weighted by Crippen LogP contribution is 2.57. The van der Waals surface area contributed by atoms with Crippen molar-refractivity contribution in [2.75, 3.05) is 13.2 Å². The van der Waals surface area contributed by atoms with Gasteiger partial charge >= 0.3 is 21.3 Å². The molecule has 0 aromatic carbocycles. The van der Waals surface area contributed by atoms with E-state index in [1.807, 2.05) is 4.98 Å². The van der Waals surface area contributed by atoms with E-state index in [9.17, 15) is 49.0 Å². The van der Waals surface area contributed by atoms with E-state index in [0.717, 1.165) is 16.8 Å². The molecule has 0 saturated carbocycles. The van der Waals surface area contributed by atoms with Gasteiger partial charge in [-0.1, -0.05) is 0 Å². The number of aromatic nitrogens is 2. The zero-order valence-corrected chi connectivity index (χ0v) is 22.1. The van der Waals surface area contributed by atoms with Crippen molar-refractivity contribution in [3.63, 3.8) is 0 Å². The predicted octanol–water partition coefficient (Wildman–Crippen LogP) is -5.70.